The summed E-state index contributed by atoms with van der Waals surface area (Å²) in [5.74, 6) is -3.24. The molecule has 2 rings (SSSR count). The quantitative estimate of drug-likeness (QED) is 0.932. The largest absolute Gasteiger partial charge is 0.481 e. The highest BCUT2D eigenvalue weighted by atomic mass is 35.5. The second kappa shape index (κ2) is 5.73. The minimum Gasteiger partial charge on any atom is -0.481 e. The van der Waals surface area contributed by atoms with Crippen molar-refractivity contribution < 1.29 is 18.7 Å². The monoisotopic (exact) mass is 317 g/mol. The maximum Gasteiger partial charge on any atom is 0.309 e. The number of carbonyl (C=O) groups is 1. The van der Waals surface area contributed by atoms with Gasteiger partial charge in [-0.3, -0.25) is 4.79 Å². The second-order valence-corrected chi connectivity index (χ2v) is 4.79. The van der Waals surface area contributed by atoms with Crippen LogP contribution in [0, 0.1) is 11.6 Å². The molecule has 0 aliphatic rings. The Balaban J connectivity index is 2.61. The zero-order valence-corrected chi connectivity index (χ0v) is 11.3. The van der Waals surface area contributed by atoms with Gasteiger partial charge in [0.25, 0.3) is 0 Å². The first-order chi connectivity index (χ1) is 9.38. The summed E-state index contributed by atoms with van der Waals surface area (Å²) in [5, 5.41) is 9.15. The Morgan fingerprint density at radius 2 is 1.90 bits per heavy atom. The minimum absolute atomic E-state index is 0.170. The molecular weight excluding hydrogens is 311 g/mol. The number of pyridine rings is 1. The third-order valence-electron chi connectivity index (χ3n) is 2.50. The van der Waals surface area contributed by atoms with Crippen molar-refractivity contribution in [2.45, 2.75) is 6.42 Å². The molecule has 0 aliphatic carbocycles. The summed E-state index contributed by atoms with van der Waals surface area (Å²) in [5.41, 5.74) is -0.441. The van der Waals surface area contributed by atoms with Crippen molar-refractivity contribution in [1.29, 1.82) is 0 Å². The Bertz CT molecular complexity index is 692. The van der Waals surface area contributed by atoms with Gasteiger partial charge >= 0.3 is 5.97 Å². The minimum atomic E-state index is -1.27. The van der Waals surface area contributed by atoms with Crippen LogP contribution in [0.2, 0.25) is 10.0 Å². The van der Waals surface area contributed by atoms with Gasteiger partial charge in [-0.25, -0.2) is 13.8 Å². The molecule has 0 unspecified atom stereocenters. The van der Waals surface area contributed by atoms with Crippen LogP contribution in [0.5, 0.6) is 0 Å². The van der Waals surface area contributed by atoms with Crippen LogP contribution in [0.3, 0.4) is 0 Å². The van der Waals surface area contributed by atoms with E-state index in [1.807, 2.05) is 0 Å². The summed E-state index contributed by atoms with van der Waals surface area (Å²) in [7, 11) is 0. The van der Waals surface area contributed by atoms with Crippen LogP contribution in [0.15, 0.2) is 24.3 Å². The van der Waals surface area contributed by atoms with Gasteiger partial charge in [-0.2, -0.15) is 0 Å². The number of halogens is 4. The summed E-state index contributed by atoms with van der Waals surface area (Å²) < 4.78 is 27.3. The van der Waals surface area contributed by atoms with Crippen LogP contribution in [0.4, 0.5) is 8.78 Å². The molecule has 0 spiro atoms. The zero-order chi connectivity index (χ0) is 14.9. The second-order valence-electron chi connectivity index (χ2n) is 3.94. The van der Waals surface area contributed by atoms with Crippen molar-refractivity contribution in [3.05, 3.63) is 51.6 Å². The van der Waals surface area contributed by atoms with E-state index in [1.54, 1.807) is 0 Å². The molecule has 0 atom stereocenters. The number of carboxylic acid groups (broad SMARTS) is 1. The van der Waals surface area contributed by atoms with E-state index in [9.17, 15) is 13.6 Å². The van der Waals surface area contributed by atoms with Gasteiger partial charge in [0.15, 0.2) is 5.82 Å². The van der Waals surface area contributed by atoms with Crippen LogP contribution in [-0.4, -0.2) is 16.1 Å². The first-order valence-corrected chi connectivity index (χ1v) is 6.16. The molecule has 3 nitrogen and oxygen atoms in total. The van der Waals surface area contributed by atoms with Gasteiger partial charge < -0.3 is 5.11 Å². The topological polar surface area (TPSA) is 50.2 Å². The zero-order valence-electron chi connectivity index (χ0n) is 9.83. The number of aromatic nitrogens is 1. The van der Waals surface area contributed by atoms with E-state index in [2.05, 4.69) is 4.98 Å². The molecule has 1 aromatic heterocycles. The van der Waals surface area contributed by atoms with E-state index in [4.69, 9.17) is 28.3 Å². The summed E-state index contributed by atoms with van der Waals surface area (Å²) >= 11 is 11.7. The summed E-state index contributed by atoms with van der Waals surface area (Å²) in [6.07, 6.45) is -0.655. The van der Waals surface area contributed by atoms with Gasteiger partial charge in [-0.1, -0.05) is 23.2 Å². The van der Waals surface area contributed by atoms with Crippen molar-refractivity contribution in [2.24, 2.45) is 0 Å². The van der Waals surface area contributed by atoms with Crippen LogP contribution in [-0.2, 0) is 11.2 Å². The molecule has 0 aliphatic heterocycles. The predicted molar refractivity (Wildman–Crippen MR) is 70.9 cm³/mol. The molecule has 2 aromatic rings. The van der Waals surface area contributed by atoms with Gasteiger partial charge in [0.05, 0.1) is 17.1 Å². The van der Waals surface area contributed by atoms with Gasteiger partial charge in [0.2, 0.25) is 0 Å². The van der Waals surface area contributed by atoms with Crippen molar-refractivity contribution in [3.8, 4) is 11.3 Å². The number of hydrogen-bond acceptors (Lipinski definition) is 2. The van der Waals surface area contributed by atoms with Crippen LogP contribution in [0.1, 0.15) is 5.69 Å². The maximum atomic E-state index is 13.8. The van der Waals surface area contributed by atoms with Crippen molar-refractivity contribution in [2.75, 3.05) is 0 Å². The molecule has 20 heavy (non-hydrogen) atoms. The molecule has 0 bridgehead atoms. The van der Waals surface area contributed by atoms with Gasteiger partial charge in [-0.05, 0) is 18.2 Å². The summed E-state index contributed by atoms with van der Waals surface area (Å²) in [6, 6.07) is 4.91. The number of carboxylic acids is 1. The fraction of sp³-hybridized carbons (Fsp3) is 0.0769. The number of rotatable bonds is 3. The van der Waals surface area contributed by atoms with E-state index >= 15 is 0 Å². The average molecular weight is 318 g/mol. The standard InChI is InChI=1S/C13H7Cl2F2NO2/c14-6-1-2-8(15)7(3-6)13-10(17)4-9(16)11(18-13)5-12(19)20/h1-4H,5H2,(H,19,20). The van der Waals surface area contributed by atoms with Gasteiger partial charge in [-0.15, -0.1) is 0 Å². The van der Waals surface area contributed by atoms with Crippen molar-refractivity contribution in [3.63, 3.8) is 0 Å². The van der Waals surface area contributed by atoms with Crippen LogP contribution in [0.25, 0.3) is 11.3 Å². The maximum absolute atomic E-state index is 13.8. The van der Waals surface area contributed by atoms with E-state index in [1.165, 1.54) is 18.2 Å². The fourth-order valence-corrected chi connectivity index (χ4v) is 2.02. The van der Waals surface area contributed by atoms with Gasteiger partial charge in [0.1, 0.15) is 11.5 Å². The number of aliphatic carboxylic acids is 1. The lowest BCUT2D eigenvalue weighted by Crippen LogP contribution is -2.07. The average Bonchev–Trinajstić information content (AvgIpc) is 2.35. The predicted octanol–water partition coefficient (Wildman–Crippen LogP) is 3.96. The lowest BCUT2D eigenvalue weighted by Gasteiger charge is -2.08. The molecule has 0 saturated heterocycles. The molecule has 0 fully saturated rings. The normalized spacial score (nSPS) is 10.6. The molecule has 0 saturated carbocycles. The van der Waals surface area contributed by atoms with Crippen molar-refractivity contribution in [1.82, 2.24) is 4.98 Å². The number of benzene rings is 1. The number of nitrogens with zero attached hydrogens (tertiary/aromatic N) is 1. The third kappa shape index (κ3) is 3.05. The molecule has 104 valence electrons. The Hall–Kier alpha value is -1.72. The highest BCUT2D eigenvalue weighted by Gasteiger charge is 2.17. The van der Waals surface area contributed by atoms with E-state index < -0.39 is 24.0 Å². The molecule has 0 radical (unpaired) electrons. The molecule has 1 N–H and O–H groups in total. The van der Waals surface area contributed by atoms with Crippen LogP contribution >= 0.6 is 23.2 Å². The molecule has 7 heteroatoms. The summed E-state index contributed by atoms with van der Waals surface area (Å²) in [6.45, 7) is 0. The molecule has 1 aromatic carbocycles. The Labute approximate surface area is 122 Å². The van der Waals surface area contributed by atoms with E-state index in [0.717, 1.165) is 0 Å². The van der Waals surface area contributed by atoms with Crippen molar-refractivity contribution >= 4 is 29.2 Å². The highest BCUT2D eigenvalue weighted by Crippen LogP contribution is 2.31. The first kappa shape index (κ1) is 14.7. The molecule has 1 heterocycles. The Kier molecular flexibility index (Phi) is 4.20. The Morgan fingerprint density at radius 1 is 1.20 bits per heavy atom. The van der Waals surface area contributed by atoms with Crippen LogP contribution < -0.4 is 0 Å². The van der Waals surface area contributed by atoms with E-state index in [-0.39, 0.29) is 22.0 Å². The molecular formula is C13H7Cl2F2NO2. The lowest BCUT2D eigenvalue weighted by molar-refractivity contribution is -0.136. The highest BCUT2D eigenvalue weighted by molar-refractivity contribution is 6.35. The Morgan fingerprint density at radius 3 is 2.55 bits per heavy atom. The van der Waals surface area contributed by atoms with E-state index in [0.29, 0.717) is 11.1 Å². The molecule has 0 amide bonds. The SMILES string of the molecule is O=C(O)Cc1nc(-c2cc(Cl)ccc2Cl)c(F)cc1F. The summed E-state index contributed by atoms with van der Waals surface area (Å²) in [4.78, 5) is 14.3. The first-order valence-electron chi connectivity index (χ1n) is 5.40. The van der Waals surface area contributed by atoms with Gasteiger partial charge in [0, 0.05) is 16.7 Å². The fourth-order valence-electron chi connectivity index (χ4n) is 1.64. The third-order valence-corrected chi connectivity index (χ3v) is 3.07. The number of hydrogen-bond donors (Lipinski definition) is 1. The lowest BCUT2D eigenvalue weighted by atomic mass is 10.1. The smallest absolute Gasteiger partial charge is 0.309 e.